The Morgan fingerprint density at radius 1 is 1.47 bits per heavy atom. The number of rotatable bonds is 4. The first kappa shape index (κ1) is 14.8. The highest BCUT2D eigenvalue weighted by molar-refractivity contribution is 9.10. The van der Waals surface area contributed by atoms with E-state index < -0.39 is 0 Å². The van der Waals surface area contributed by atoms with Gasteiger partial charge in [0.2, 0.25) is 0 Å². The zero-order valence-electron chi connectivity index (χ0n) is 11.9. The molecule has 2 rings (SSSR count). The molecule has 0 radical (unpaired) electrons. The van der Waals surface area contributed by atoms with Gasteiger partial charge in [-0.2, -0.15) is 0 Å². The van der Waals surface area contributed by atoms with E-state index in [4.69, 9.17) is 4.74 Å². The molecule has 106 valence electrons. The Labute approximate surface area is 124 Å². The van der Waals surface area contributed by atoms with Crippen molar-refractivity contribution in [3.63, 3.8) is 0 Å². The highest BCUT2D eigenvalue weighted by Gasteiger charge is 2.21. The zero-order chi connectivity index (χ0) is 13.8. The van der Waals surface area contributed by atoms with E-state index in [1.807, 2.05) is 0 Å². The average molecular weight is 327 g/mol. The normalized spacial score (nSPS) is 20.8. The maximum absolute atomic E-state index is 5.83. The molecular formula is C15H23BrN2O. The lowest BCUT2D eigenvalue weighted by atomic mass is 10.2. The molecule has 1 aromatic rings. The molecular weight excluding hydrogens is 304 g/mol. The molecule has 0 spiro atoms. The highest BCUT2D eigenvalue weighted by atomic mass is 79.9. The largest absolute Gasteiger partial charge is 0.382 e. The SMILES string of the molecule is Cc1ccc(Br)cc1NCC1CN(C(C)C)CCO1. The van der Waals surface area contributed by atoms with Crippen LogP contribution in [-0.4, -0.2) is 43.3 Å². The van der Waals surface area contributed by atoms with Crippen LogP contribution >= 0.6 is 15.9 Å². The molecule has 1 N–H and O–H groups in total. The molecule has 4 heteroatoms. The van der Waals surface area contributed by atoms with Crippen LogP contribution in [0, 0.1) is 6.92 Å². The van der Waals surface area contributed by atoms with Crippen LogP contribution < -0.4 is 5.32 Å². The van der Waals surface area contributed by atoms with Gasteiger partial charge in [-0.25, -0.2) is 0 Å². The molecule has 1 aliphatic heterocycles. The second-order valence-corrected chi connectivity index (χ2v) is 6.34. The van der Waals surface area contributed by atoms with Gasteiger partial charge in [-0.3, -0.25) is 4.90 Å². The predicted molar refractivity (Wildman–Crippen MR) is 83.8 cm³/mol. The number of ether oxygens (including phenoxy) is 1. The van der Waals surface area contributed by atoms with Gasteiger partial charge in [-0.05, 0) is 38.5 Å². The molecule has 1 aromatic carbocycles. The van der Waals surface area contributed by atoms with Crippen LogP contribution in [0.4, 0.5) is 5.69 Å². The molecule has 0 aromatic heterocycles. The lowest BCUT2D eigenvalue weighted by Crippen LogP contribution is -2.48. The smallest absolute Gasteiger partial charge is 0.0874 e. The maximum atomic E-state index is 5.83. The van der Waals surface area contributed by atoms with Crippen molar-refractivity contribution < 1.29 is 4.74 Å². The van der Waals surface area contributed by atoms with Crippen molar-refractivity contribution in [1.29, 1.82) is 0 Å². The lowest BCUT2D eigenvalue weighted by Gasteiger charge is -2.35. The Hall–Kier alpha value is -0.580. The summed E-state index contributed by atoms with van der Waals surface area (Å²) in [6.45, 7) is 10.4. The number of nitrogens with zero attached hydrogens (tertiary/aromatic N) is 1. The van der Waals surface area contributed by atoms with Gasteiger partial charge >= 0.3 is 0 Å². The molecule has 0 amide bonds. The minimum atomic E-state index is 0.273. The fraction of sp³-hybridized carbons (Fsp3) is 0.600. The topological polar surface area (TPSA) is 24.5 Å². The van der Waals surface area contributed by atoms with E-state index >= 15 is 0 Å². The Morgan fingerprint density at radius 3 is 3.00 bits per heavy atom. The third-order valence-corrected chi connectivity index (χ3v) is 4.11. The van der Waals surface area contributed by atoms with E-state index in [2.05, 4.69) is 65.1 Å². The van der Waals surface area contributed by atoms with Crippen LogP contribution in [0.1, 0.15) is 19.4 Å². The number of morpholine rings is 1. The van der Waals surface area contributed by atoms with Crippen LogP contribution in [0.2, 0.25) is 0 Å². The maximum Gasteiger partial charge on any atom is 0.0874 e. The van der Waals surface area contributed by atoms with Gasteiger partial charge < -0.3 is 10.1 Å². The van der Waals surface area contributed by atoms with Crippen LogP contribution in [0.3, 0.4) is 0 Å². The van der Waals surface area contributed by atoms with E-state index in [-0.39, 0.29) is 6.10 Å². The second kappa shape index (κ2) is 6.73. The van der Waals surface area contributed by atoms with Gasteiger partial charge in [0.15, 0.2) is 0 Å². The van der Waals surface area contributed by atoms with E-state index in [0.717, 1.165) is 30.7 Å². The Bertz CT molecular complexity index is 423. The minimum absolute atomic E-state index is 0.273. The predicted octanol–water partition coefficient (Wildman–Crippen LogP) is 3.28. The first-order chi connectivity index (χ1) is 9.06. The summed E-state index contributed by atoms with van der Waals surface area (Å²) < 4.78 is 6.94. The highest BCUT2D eigenvalue weighted by Crippen LogP contribution is 2.21. The van der Waals surface area contributed by atoms with Crippen molar-refractivity contribution in [1.82, 2.24) is 4.90 Å². The quantitative estimate of drug-likeness (QED) is 0.918. The first-order valence-corrected chi connectivity index (χ1v) is 7.71. The summed E-state index contributed by atoms with van der Waals surface area (Å²) in [5.41, 5.74) is 2.44. The zero-order valence-corrected chi connectivity index (χ0v) is 13.5. The Morgan fingerprint density at radius 2 is 2.26 bits per heavy atom. The van der Waals surface area contributed by atoms with E-state index in [1.54, 1.807) is 0 Å². The third-order valence-electron chi connectivity index (χ3n) is 3.62. The van der Waals surface area contributed by atoms with E-state index in [0.29, 0.717) is 6.04 Å². The van der Waals surface area contributed by atoms with E-state index in [9.17, 15) is 0 Å². The van der Waals surface area contributed by atoms with Gasteiger partial charge in [0.1, 0.15) is 0 Å². The summed E-state index contributed by atoms with van der Waals surface area (Å²) in [6, 6.07) is 6.91. The molecule has 0 saturated carbocycles. The van der Waals surface area contributed by atoms with Gasteiger partial charge in [0.05, 0.1) is 12.7 Å². The molecule has 3 nitrogen and oxygen atoms in total. The van der Waals surface area contributed by atoms with Crippen molar-refractivity contribution in [2.45, 2.75) is 32.9 Å². The molecule has 0 aliphatic carbocycles. The van der Waals surface area contributed by atoms with Gasteiger partial charge in [0.25, 0.3) is 0 Å². The molecule has 19 heavy (non-hydrogen) atoms. The fourth-order valence-electron chi connectivity index (χ4n) is 2.34. The number of benzene rings is 1. The van der Waals surface area contributed by atoms with Crippen molar-refractivity contribution in [3.05, 3.63) is 28.2 Å². The lowest BCUT2D eigenvalue weighted by molar-refractivity contribution is -0.0315. The standard InChI is InChI=1S/C15H23BrN2O/c1-11(2)18-6-7-19-14(10-18)9-17-15-8-13(16)5-4-12(15)3/h4-5,8,11,14,17H,6-7,9-10H2,1-3H3. The summed E-state index contributed by atoms with van der Waals surface area (Å²) in [5, 5.41) is 3.50. The third kappa shape index (κ3) is 4.20. The van der Waals surface area contributed by atoms with Crippen molar-refractivity contribution in [2.75, 3.05) is 31.6 Å². The summed E-state index contributed by atoms with van der Waals surface area (Å²) in [4.78, 5) is 2.48. The van der Waals surface area contributed by atoms with Crippen LogP contribution in [0.5, 0.6) is 0 Å². The van der Waals surface area contributed by atoms with Gasteiger partial charge in [-0.15, -0.1) is 0 Å². The average Bonchev–Trinajstić information content (AvgIpc) is 2.40. The first-order valence-electron chi connectivity index (χ1n) is 6.92. The Balaban J connectivity index is 1.89. The van der Waals surface area contributed by atoms with Crippen molar-refractivity contribution >= 4 is 21.6 Å². The van der Waals surface area contributed by atoms with E-state index in [1.165, 1.54) is 11.3 Å². The van der Waals surface area contributed by atoms with Gasteiger partial charge in [-0.1, -0.05) is 22.0 Å². The molecule has 1 heterocycles. The summed E-state index contributed by atoms with van der Waals surface area (Å²) in [6.07, 6.45) is 0.273. The van der Waals surface area contributed by atoms with Gasteiger partial charge in [0, 0.05) is 35.8 Å². The number of hydrogen-bond donors (Lipinski definition) is 1. The number of halogens is 1. The summed E-state index contributed by atoms with van der Waals surface area (Å²) in [7, 11) is 0. The van der Waals surface area contributed by atoms with Crippen LogP contribution in [0.15, 0.2) is 22.7 Å². The molecule has 1 fully saturated rings. The second-order valence-electron chi connectivity index (χ2n) is 5.42. The van der Waals surface area contributed by atoms with Crippen molar-refractivity contribution in [3.8, 4) is 0 Å². The molecule has 1 saturated heterocycles. The molecule has 1 unspecified atom stereocenters. The van der Waals surface area contributed by atoms with Crippen LogP contribution in [0.25, 0.3) is 0 Å². The summed E-state index contributed by atoms with van der Waals surface area (Å²) >= 11 is 3.51. The number of nitrogens with one attached hydrogen (secondary N) is 1. The summed E-state index contributed by atoms with van der Waals surface area (Å²) in [5.74, 6) is 0. The molecule has 1 aliphatic rings. The van der Waals surface area contributed by atoms with Crippen LogP contribution in [-0.2, 0) is 4.74 Å². The number of anilines is 1. The minimum Gasteiger partial charge on any atom is -0.382 e. The molecule has 1 atom stereocenters. The molecule has 0 bridgehead atoms. The van der Waals surface area contributed by atoms with Crippen molar-refractivity contribution in [2.24, 2.45) is 0 Å². The monoisotopic (exact) mass is 326 g/mol. The fourth-order valence-corrected chi connectivity index (χ4v) is 2.70. The number of aryl methyl sites for hydroxylation is 1. The number of hydrogen-bond acceptors (Lipinski definition) is 3. The Kier molecular flexibility index (Phi) is 5.25.